The van der Waals surface area contributed by atoms with Crippen molar-refractivity contribution in [1.82, 2.24) is 19.7 Å². The monoisotopic (exact) mass is 244 g/mol. The summed E-state index contributed by atoms with van der Waals surface area (Å²) < 4.78 is 1.94. The molecular weight excluding hydrogens is 224 g/mol. The van der Waals surface area contributed by atoms with E-state index in [0.717, 1.165) is 17.1 Å². The van der Waals surface area contributed by atoms with E-state index in [1.54, 1.807) is 0 Å². The molecule has 0 aliphatic carbocycles. The highest BCUT2D eigenvalue weighted by atomic mass is 15.3. The first-order valence-corrected chi connectivity index (χ1v) is 6.26. The van der Waals surface area contributed by atoms with Crippen molar-refractivity contribution in [3.8, 4) is 11.4 Å². The average Bonchev–Trinajstić information content (AvgIpc) is 2.78. The summed E-state index contributed by atoms with van der Waals surface area (Å²) in [5, 5.41) is 4.38. The quantitative estimate of drug-likeness (QED) is 0.814. The van der Waals surface area contributed by atoms with Crippen LogP contribution in [0, 0.1) is 0 Å². The SMILES string of the molecule is CC(C)c1ccnc(-c2cnn(C(C)(C)C)c2)n1. The van der Waals surface area contributed by atoms with Crippen LogP contribution in [0.25, 0.3) is 11.4 Å². The van der Waals surface area contributed by atoms with Crippen LogP contribution in [0.1, 0.15) is 46.2 Å². The number of nitrogens with zero attached hydrogens (tertiary/aromatic N) is 4. The third kappa shape index (κ3) is 2.58. The van der Waals surface area contributed by atoms with Gasteiger partial charge in [0.2, 0.25) is 0 Å². The maximum atomic E-state index is 4.57. The fourth-order valence-corrected chi connectivity index (χ4v) is 1.64. The third-order valence-electron chi connectivity index (χ3n) is 2.80. The first-order valence-electron chi connectivity index (χ1n) is 6.26. The highest BCUT2D eigenvalue weighted by molar-refractivity contribution is 5.52. The van der Waals surface area contributed by atoms with E-state index >= 15 is 0 Å². The zero-order valence-electron chi connectivity index (χ0n) is 11.7. The molecule has 0 aliphatic heterocycles. The Morgan fingerprint density at radius 2 is 1.94 bits per heavy atom. The second kappa shape index (κ2) is 4.52. The van der Waals surface area contributed by atoms with E-state index < -0.39 is 0 Å². The molecule has 96 valence electrons. The summed E-state index contributed by atoms with van der Waals surface area (Å²) in [6, 6.07) is 1.96. The van der Waals surface area contributed by atoms with E-state index in [1.807, 2.05) is 29.3 Å². The molecule has 2 aromatic rings. The first-order chi connectivity index (χ1) is 8.38. The van der Waals surface area contributed by atoms with Crippen LogP contribution in [0.3, 0.4) is 0 Å². The molecule has 0 fully saturated rings. The minimum Gasteiger partial charge on any atom is -0.267 e. The van der Waals surface area contributed by atoms with Crippen molar-refractivity contribution in [2.24, 2.45) is 0 Å². The Morgan fingerprint density at radius 1 is 1.22 bits per heavy atom. The summed E-state index contributed by atoms with van der Waals surface area (Å²) in [7, 11) is 0. The molecule has 4 heteroatoms. The van der Waals surface area contributed by atoms with Gasteiger partial charge in [0, 0.05) is 18.1 Å². The molecule has 2 heterocycles. The smallest absolute Gasteiger partial charge is 0.162 e. The van der Waals surface area contributed by atoms with Crippen molar-refractivity contribution >= 4 is 0 Å². The molecule has 0 N–H and O–H groups in total. The van der Waals surface area contributed by atoms with E-state index in [4.69, 9.17) is 0 Å². The Bertz CT molecular complexity index is 535. The average molecular weight is 244 g/mol. The first kappa shape index (κ1) is 12.7. The standard InChI is InChI=1S/C14H20N4/c1-10(2)12-6-7-15-13(17-12)11-8-16-18(9-11)14(3,4)5/h6-10H,1-5H3. The van der Waals surface area contributed by atoms with Gasteiger partial charge >= 0.3 is 0 Å². The third-order valence-corrected chi connectivity index (χ3v) is 2.80. The summed E-state index contributed by atoms with van der Waals surface area (Å²) >= 11 is 0. The molecule has 0 amide bonds. The van der Waals surface area contributed by atoms with Gasteiger partial charge in [0.05, 0.1) is 17.3 Å². The largest absolute Gasteiger partial charge is 0.267 e. The Balaban J connectivity index is 2.37. The fraction of sp³-hybridized carbons (Fsp3) is 0.500. The molecule has 0 saturated heterocycles. The minimum absolute atomic E-state index is 0.0199. The van der Waals surface area contributed by atoms with Crippen LogP contribution in [0.2, 0.25) is 0 Å². The summed E-state index contributed by atoms with van der Waals surface area (Å²) in [5.41, 5.74) is 2.00. The number of hydrogen-bond acceptors (Lipinski definition) is 3. The maximum absolute atomic E-state index is 4.57. The van der Waals surface area contributed by atoms with E-state index in [9.17, 15) is 0 Å². The highest BCUT2D eigenvalue weighted by Crippen LogP contribution is 2.20. The summed E-state index contributed by atoms with van der Waals surface area (Å²) in [6.07, 6.45) is 5.64. The number of hydrogen-bond donors (Lipinski definition) is 0. The zero-order chi connectivity index (χ0) is 13.3. The molecule has 0 atom stereocenters. The molecular formula is C14H20N4. The van der Waals surface area contributed by atoms with Gasteiger partial charge in [0.15, 0.2) is 5.82 Å². The Hall–Kier alpha value is -1.71. The van der Waals surface area contributed by atoms with E-state index in [-0.39, 0.29) is 5.54 Å². The molecule has 18 heavy (non-hydrogen) atoms. The fourth-order valence-electron chi connectivity index (χ4n) is 1.64. The number of rotatable bonds is 2. The lowest BCUT2D eigenvalue weighted by Gasteiger charge is -2.18. The molecule has 0 bridgehead atoms. The molecule has 4 nitrogen and oxygen atoms in total. The van der Waals surface area contributed by atoms with Gasteiger partial charge in [-0.05, 0) is 32.8 Å². The van der Waals surface area contributed by atoms with Crippen LogP contribution in [0.5, 0.6) is 0 Å². The Morgan fingerprint density at radius 3 is 2.50 bits per heavy atom. The van der Waals surface area contributed by atoms with Crippen LogP contribution in [-0.4, -0.2) is 19.7 Å². The molecule has 2 rings (SSSR count). The molecule has 0 unspecified atom stereocenters. The molecule has 0 saturated carbocycles. The predicted octanol–water partition coefficient (Wildman–Crippen LogP) is 3.22. The van der Waals surface area contributed by atoms with Gasteiger partial charge in [-0.15, -0.1) is 0 Å². The van der Waals surface area contributed by atoms with Crippen molar-refractivity contribution in [2.75, 3.05) is 0 Å². The topological polar surface area (TPSA) is 43.6 Å². The Labute approximate surface area is 108 Å². The summed E-state index contributed by atoms with van der Waals surface area (Å²) in [4.78, 5) is 8.90. The summed E-state index contributed by atoms with van der Waals surface area (Å²) in [6.45, 7) is 10.6. The summed E-state index contributed by atoms with van der Waals surface area (Å²) in [5.74, 6) is 1.15. The van der Waals surface area contributed by atoms with Gasteiger partial charge in [0.25, 0.3) is 0 Å². The number of aromatic nitrogens is 4. The maximum Gasteiger partial charge on any atom is 0.162 e. The molecule has 0 aromatic carbocycles. The van der Waals surface area contributed by atoms with E-state index in [1.165, 1.54) is 0 Å². The lowest BCUT2D eigenvalue weighted by molar-refractivity contribution is 0.355. The van der Waals surface area contributed by atoms with Gasteiger partial charge in [0.1, 0.15) is 0 Å². The van der Waals surface area contributed by atoms with E-state index in [0.29, 0.717) is 5.92 Å². The minimum atomic E-state index is -0.0199. The Kier molecular flexibility index (Phi) is 3.20. The van der Waals surface area contributed by atoms with Gasteiger partial charge < -0.3 is 0 Å². The lowest BCUT2D eigenvalue weighted by Crippen LogP contribution is -2.21. The van der Waals surface area contributed by atoms with Crippen molar-refractivity contribution in [3.05, 3.63) is 30.4 Å². The van der Waals surface area contributed by atoms with Crippen LogP contribution in [0.4, 0.5) is 0 Å². The van der Waals surface area contributed by atoms with Crippen LogP contribution in [0.15, 0.2) is 24.7 Å². The lowest BCUT2D eigenvalue weighted by atomic mass is 10.1. The second-order valence-corrected chi connectivity index (χ2v) is 5.80. The van der Waals surface area contributed by atoms with Crippen LogP contribution < -0.4 is 0 Å². The second-order valence-electron chi connectivity index (χ2n) is 5.80. The normalized spacial score (nSPS) is 12.1. The van der Waals surface area contributed by atoms with Crippen molar-refractivity contribution in [3.63, 3.8) is 0 Å². The van der Waals surface area contributed by atoms with E-state index in [2.05, 4.69) is 49.7 Å². The van der Waals surface area contributed by atoms with Gasteiger partial charge in [-0.1, -0.05) is 13.8 Å². The van der Waals surface area contributed by atoms with Crippen molar-refractivity contribution in [1.29, 1.82) is 0 Å². The van der Waals surface area contributed by atoms with Gasteiger partial charge in [-0.25, -0.2) is 9.97 Å². The molecule has 0 aliphatic rings. The molecule has 0 spiro atoms. The van der Waals surface area contributed by atoms with Gasteiger partial charge in [-0.2, -0.15) is 5.10 Å². The van der Waals surface area contributed by atoms with Crippen molar-refractivity contribution in [2.45, 2.75) is 46.1 Å². The highest BCUT2D eigenvalue weighted by Gasteiger charge is 2.15. The predicted molar refractivity (Wildman–Crippen MR) is 72.3 cm³/mol. The molecule has 0 radical (unpaired) electrons. The zero-order valence-corrected chi connectivity index (χ0v) is 11.7. The molecule has 2 aromatic heterocycles. The van der Waals surface area contributed by atoms with Crippen LogP contribution in [-0.2, 0) is 5.54 Å². The van der Waals surface area contributed by atoms with Crippen molar-refractivity contribution < 1.29 is 0 Å². The van der Waals surface area contributed by atoms with Crippen LogP contribution >= 0.6 is 0 Å². The van der Waals surface area contributed by atoms with Gasteiger partial charge in [-0.3, -0.25) is 4.68 Å².